The van der Waals surface area contributed by atoms with Gasteiger partial charge in [-0.2, -0.15) is 13.2 Å². The van der Waals surface area contributed by atoms with Crippen molar-refractivity contribution in [3.05, 3.63) is 35.9 Å². The number of hydrogen-bond acceptors (Lipinski definition) is 3. The Balaban J connectivity index is 2.37. The molecule has 0 aromatic heterocycles. The molecule has 1 saturated heterocycles. The van der Waals surface area contributed by atoms with Gasteiger partial charge < -0.3 is 9.16 Å². The van der Waals surface area contributed by atoms with Crippen molar-refractivity contribution in [1.82, 2.24) is 4.90 Å². The van der Waals surface area contributed by atoms with E-state index in [0.717, 1.165) is 5.56 Å². The van der Waals surface area contributed by atoms with Crippen molar-refractivity contribution < 1.29 is 22.3 Å². The molecule has 142 valence electrons. The Morgan fingerprint density at radius 1 is 1.16 bits per heavy atom. The van der Waals surface area contributed by atoms with Crippen molar-refractivity contribution in [3.8, 4) is 0 Å². The Bertz CT molecular complexity index is 547. The van der Waals surface area contributed by atoms with Crippen LogP contribution in [-0.2, 0) is 15.7 Å². The van der Waals surface area contributed by atoms with Crippen LogP contribution in [0.25, 0.3) is 0 Å². The molecule has 0 aliphatic carbocycles. The molecule has 3 nitrogen and oxygen atoms in total. The molecule has 2 rings (SSSR count). The number of halogens is 3. The highest BCUT2D eigenvalue weighted by Gasteiger charge is 2.65. The molecule has 1 aliphatic heterocycles. The molecule has 0 N–H and O–H groups in total. The summed E-state index contributed by atoms with van der Waals surface area (Å²) in [6, 6.07) is 8.74. The highest BCUT2D eigenvalue weighted by Crippen LogP contribution is 2.45. The van der Waals surface area contributed by atoms with Gasteiger partial charge in [-0.1, -0.05) is 30.3 Å². The average Bonchev–Trinajstić information content (AvgIpc) is 2.93. The zero-order valence-corrected chi connectivity index (χ0v) is 16.4. The maximum atomic E-state index is 14.2. The highest BCUT2D eigenvalue weighted by molar-refractivity contribution is 6.69. The van der Waals surface area contributed by atoms with Crippen LogP contribution in [0, 0.1) is 0 Å². The van der Waals surface area contributed by atoms with Gasteiger partial charge in [-0.15, -0.1) is 0 Å². The quantitative estimate of drug-likeness (QED) is 0.505. The van der Waals surface area contributed by atoms with E-state index in [1.807, 2.05) is 35.2 Å². The first-order valence-electron chi connectivity index (χ1n) is 8.78. The molecule has 0 spiro atoms. The van der Waals surface area contributed by atoms with Crippen molar-refractivity contribution in [2.24, 2.45) is 0 Å². The van der Waals surface area contributed by atoms with Gasteiger partial charge in [0.05, 0.1) is 6.04 Å². The molecule has 1 heterocycles. The summed E-state index contributed by atoms with van der Waals surface area (Å²) < 4.78 is 53.7. The van der Waals surface area contributed by atoms with E-state index in [4.69, 9.17) is 9.16 Å². The van der Waals surface area contributed by atoms with Gasteiger partial charge in [0, 0.05) is 13.2 Å². The van der Waals surface area contributed by atoms with Crippen LogP contribution >= 0.6 is 0 Å². The molecule has 25 heavy (non-hydrogen) atoms. The number of benzene rings is 1. The van der Waals surface area contributed by atoms with E-state index in [2.05, 4.69) is 0 Å². The van der Waals surface area contributed by atoms with Gasteiger partial charge in [0.25, 0.3) is 5.79 Å². The molecule has 1 aliphatic rings. The van der Waals surface area contributed by atoms with Crippen LogP contribution < -0.4 is 0 Å². The van der Waals surface area contributed by atoms with Gasteiger partial charge in [0.2, 0.25) is 0 Å². The molecule has 7 heteroatoms. The third kappa shape index (κ3) is 4.84. The van der Waals surface area contributed by atoms with Gasteiger partial charge in [0.15, 0.2) is 8.32 Å². The standard InChI is InChI=1S/C18H28F3NO2Si/c1-5-23-17(18(19,20)21,24-25(2,3)4)16-12-9-13-22(16)14-15-10-7-6-8-11-15/h6-8,10-11,16H,5,9,12-14H2,1-4H3. The molecule has 2 atom stereocenters. The lowest BCUT2D eigenvalue weighted by Crippen LogP contribution is -2.65. The number of nitrogens with zero attached hydrogens (tertiary/aromatic N) is 1. The van der Waals surface area contributed by atoms with E-state index in [1.54, 1.807) is 26.6 Å². The van der Waals surface area contributed by atoms with Crippen molar-refractivity contribution in [3.63, 3.8) is 0 Å². The summed E-state index contributed by atoms with van der Waals surface area (Å²) in [4.78, 5) is 1.86. The fourth-order valence-electron chi connectivity index (χ4n) is 3.46. The van der Waals surface area contributed by atoms with Crippen molar-refractivity contribution in [1.29, 1.82) is 0 Å². The Hall–Kier alpha value is -0.893. The van der Waals surface area contributed by atoms with E-state index in [9.17, 15) is 13.2 Å². The van der Waals surface area contributed by atoms with Crippen molar-refractivity contribution in [2.75, 3.05) is 13.2 Å². The van der Waals surface area contributed by atoms with Gasteiger partial charge >= 0.3 is 6.18 Å². The molecule has 1 fully saturated rings. The zero-order valence-electron chi connectivity index (χ0n) is 15.4. The molecule has 0 saturated carbocycles. The predicted molar refractivity (Wildman–Crippen MR) is 94.7 cm³/mol. The van der Waals surface area contributed by atoms with Crippen LogP contribution in [-0.4, -0.2) is 44.4 Å². The number of rotatable bonds is 7. The molecule has 2 unspecified atom stereocenters. The lowest BCUT2D eigenvalue weighted by atomic mass is 10.0. The molecule has 0 amide bonds. The molecule has 1 aromatic rings. The summed E-state index contributed by atoms with van der Waals surface area (Å²) in [7, 11) is -2.50. The normalized spacial score (nSPS) is 22.1. The topological polar surface area (TPSA) is 21.7 Å². The maximum absolute atomic E-state index is 14.2. The lowest BCUT2D eigenvalue weighted by Gasteiger charge is -2.46. The first kappa shape index (κ1) is 20.4. The summed E-state index contributed by atoms with van der Waals surface area (Å²) in [5.41, 5.74) is 0.995. The van der Waals surface area contributed by atoms with E-state index < -0.39 is 26.3 Å². The van der Waals surface area contributed by atoms with Crippen molar-refractivity contribution >= 4 is 8.32 Å². The minimum atomic E-state index is -4.59. The largest absolute Gasteiger partial charge is 0.443 e. The maximum Gasteiger partial charge on any atom is 0.443 e. The smallest absolute Gasteiger partial charge is 0.383 e. The molecule has 0 bridgehead atoms. The van der Waals surface area contributed by atoms with Crippen LogP contribution in [0.3, 0.4) is 0 Å². The second kappa shape index (κ2) is 7.78. The van der Waals surface area contributed by atoms with Gasteiger partial charge in [0.1, 0.15) is 0 Å². The number of alkyl halides is 3. The monoisotopic (exact) mass is 375 g/mol. The summed E-state index contributed by atoms with van der Waals surface area (Å²) in [6.07, 6.45) is -3.47. The van der Waals surface area contributed by atoms with Crippen LogP contribution in [0.15, 0.2) is 30.3 Å². The highest BCUT2D eigenvalue weighted by atomic mass is 28.4. The second-order valence-corrected chi connectivity index (χ2v) is 11.9. The fraction of sp³-hybridized carbons (Fsp3) is 0.667. The Morgan fingerprint density at radius 3 is 2.32 bits per heavy atom. The molecular weight excluding hydrogens is 347 g/mol. The number of hydrogen-bond donors (Lipinski definition) is 0. The minimum Gasteiger partial charge on any atom is -0.383 e. The SMILES string of the molecule is CCOC(O[Si](C)(C)C)(C1CCCN1Cc1ccccc1)C(F)(F)F. The first-order valence-corrected chi connectivity index (χ1v) is 12.2. The number of ether oxygens (including phenoxy) is 1. The summed E-state index contributed by atoms with van der Waals surface area (Å²) >= 11 is 0. The van der Waals surface area contributed by atoms with E-state index in [1.165, 1.54) is 0 Å². The van der Waals surface area contributed by atoms with E-state index >= 15 is 0 Å². The van der Waals surface area contributed by atoms with Gasteiger partial charge in [-0.25, -0.2) is 0 Å². The Morgan fingerprint density at radius 2 is 1.80 bits per heavy atom. The van der Waals surface area contributed by atoms with E-state index in [0.29, 0.717) is 25.9 Å². The summed E-state index contributed by atoms with van der Waals surface area (Å²) in [5, 5.41) is 0. The average molecular weight is 376 g/mol. The molecule has 1 aromatic carbocycles. The van der Waals surface area contributed by atoms with Crippen LogP contribution in [0.1, 0.15) is 25.3 Å². The fourth-order valence-corrected chi connectivity index (χ4v) is 4.68. The molecule has 0 radical (unpaired) electrons. The van der Waals surface area contributed by atoms with Crippen LogP contribution in [0.5, 0.6) is 0 Å². The third-order valence-corrected chi connectivity index (χ3v) is 5.16. The summed E-state index contributed by atoms with van der Waals surface area (Å²) in [5.74, 6) is -2.56. The van der Waals surface area contributed by atoms with Crippen molar-refractivity contribution in [2.45, 2.75) is 64.0 Å². The Kier molecular flexibility index (Phi) is 6.35. The lowest BCUT2D eigenvalue weighted by molar-refractivity contribution is -0.373. The van der Waals surface area contributed by atoms with Gasteiger partial charge in [-0.05, 0) is 51.5 Å². The summed E-state index contributed by atoms with van der Waals surface area (Å²) in [6.45, 7) is 7.92. The first-order chi connectivity index (χ1) is 11.6. The zero-order chi connectivity index (χ0) is 18.7. The third-order valence-electron chi connectivity index (χ3n) is 4.24. The van der Waals surface area contributed by atoms with Crippen LogP contribution in [0.2, 0.25) is 19.6 Å². The minimum absolute atomic E-state index is 0.0420. The van der Waals surface area contributed by atoms with Gasteiger partial charge in [-0.3, -0.25) is 4.90 Å². The predicted octanol–water partition coefficient (Wildman–Crippen LogP) is 4.80. The molecular formula is C18H28F3NO2Si. The van der Waals surface area contributed by atoms with E-state index in [-0.39, 0.29) is 6.61 Å². The van der Waals surface area contributed by atoms with Crippen LogP contribution in [0.4, 0.5) is 13.2 Å². The Labute approximate surface area is 149 Å². The second-order valence-electron chi connectivity index (χ2n) is 7.43. The number of likely N-dealkylation sites (tertiary alicyclic amines) is 1.